The topological polar surface area (TPSA) is 101 Å². The first kappa shape index (κ1) is 19.6. The Bertz CT molecular complexity index is 1380. The van der Waals surface area contributed by atoms with Crippen molar-refractivity contribution in [3.05, 3.63) is 84.8 Å². The highest BCUT2D eigenvalue weighted by Gasteiger charge is 2.10. The molecular weight excluding hydrogens is 411 g/mol. The maximum atomic E-state index is 13.5. The summed E-state index contributed by atoms with van der Waals surface area (Å²) in [5.41, 5.74) is 2.09. The Labute approximate surface area is 174 Å². The average Bonchev–Trinajstić information content (AvgIpc) is 3.35. The van der Waals surface area contributed by atoms with Crippen molar-refractivity contribution in [1.82, 2.24) is 30.4 Å². The summed E-state index contributed by atoms with van der Waals surface area (Å²) in [5, 5.41) is 17.0. The lowest BCUT2D eigenvalue weighted by Crippen LogP contribution is -2.34. The van der Waals surface area contributed by atoms with E-state index in [0.717, 1.165) is 21.4 Å². The number of methoxy groups -OCH3 is 1. The zero-order valence-electron chi connectivity index (χ0n) is 15.8. The first-order valence-corrected chi connectivity index (χ1v) is 9.20. The fourth-order valence-electron chi connectivity index (χ4n) is 3.10. The number of H-pyrrole nitrogens is 2. The maximum absolute atomic E-state index is 13.5. The fourth-order valence-corrected chi connectivity index (χ4v) is 3.30. The van der Waals surface area contributed by atoms with Crippen molar-refractivity contribution in [3.8, 4) is 11.7 Å². The van der Waals surface area contributed by atoms with E-state index in [4.69, 9.17) is 16.3 Å². The number of nitrogens with zero attached hydrogens (tertiary/aromatic N) is 4. The van der Waals surface area contributed by atoms with Crippen LogP contribution in [0.2, 0.25) is 5.02 Å². The third kappa shape index (κ3) is 3.74. The van der Waals surface area contributed by atoms with Gasteiger partial charge in [-0.3, -0.25) is 9.89 Å². The third-order valence-corrected chi connectivity index (χ3v) is 4.82. The Kier molecular flexibility index (Phi) is 5.20. The van der Waals surface area contributed by atoms with Gasteiger partial charge in [0.25, 0.3) is 11.5 Å². The summed E-state index contributed by atoms with van der Waals surface area (Å²) >= 11 is 5.89. The number of aromatic amines is 2. The molecular formula is C20H16ClFN6O2. The summed E-state index contributed by atoms with van der Waals surface area (Å²) < 4.78 is 20.1. The van der Waals surface area contributed by atoms with Gasteiger partial charge in [0.15, 0.2) is 0 Å². The zero-order valence-corrected chi connectivity index (χ0v) is 16.6. The van der Waals surface area contributed by atoms with Crippen LogP contribution in [0.25, 0.3) is 18.6 Å². The van der Waals surface area contributed by atoms with Crippen LogP contribution in [0.5, 0.6) is 5.75 Å². The van der Waals surface area contributed by atoms with Crippen molar-refractivity contribution in [1.29, 1.82) is 0 Å². The predicted molar refractivity (Wildman–Crippen MR) is 110 cm³/mol. The van der Waals surface area contributed by atoms with Crippen molar-refractivity contribution in [2.75, 3.05) is 7.11 Å². The largest absolute Gasteiger partial charge is 0.496 e. The number of hydrogen-bond acceptors (Lipinski definition) is 5. The second-order valence-corrected chi connectivity index (χ2v) is 6.90. The highest BCUT2D eigenvalue weighted by molar-refractivity contribution is 6.30. The molecule has 0 radical (unpaired) electrons. The number of halogens is 2. The molecule has 10 heteroatoms. The summed E-state index contributed by atoms with van der Waals surface area (Å²) in [7, 11) is 1.57. The minimum absolute atomic E-state index is 0.0604. The fraction of sp³-hybridized carbons (Fsp3) is 0.100. The standard InChI is InChI=1S/C20H16ClFN6O2/c1-11-15(19(29)28(25-11)20-23-26-27-24-20)9-12-4-6-18(30-2)14(7-12)8-13-3-5-17(22)16(21)10-13/h3-7,9-10,25H,1,8H2,2H3,(H,23,24,26,27)/b15-9-. The van der Waals surface area contributed by atoms with Crippen LogP contribution in [0.4, 0.5) is 4.39 Å². The number of rotatable bonds is 5. The number of hydrogen-bond donors (Lipinski definition) is 2. The van der Waals surface area contributed by atoms with Crippen molar-refractivity contribution < 1.29 is 9.13 Å². The van der Waals surface area contributed by atoms with E-state index in [1.807, 2.05) is 12.1 Å². The molecule has 0 aliphatic heterocycles. The Hall–Kier alpha value is -3.72. The second-order valence-electron chi connectivity index (χ2n) is 6.50. The molecule has 2 aromatic heterocycles. The molecule has 0 aliphatic rings. The van der Waals surface area contributed by atoms with E-state index in [1.54, 1.807) is 31.4 Å². The van der Waals surface area contributed by atoms with Crippen LogP contribution in [0.3, 0.4) is 0 Å². The number of benzene rings is 2. The van der Waals surface area contributed by atoms with Crippen LogP contribution in [0.15, 0.2) is 41.2 Å². The van der Waals surface area contributed by atoms with E-state index >= 15 is 0 Å². The van der Waals surface area contributed by atoms with Gasteiger partial charge in [-0.1, -0.05) is 35.4 Å². The molecule has 4 rings (SSSR count). The van der Waals surface area contributed by atoms with E-state index in [1.165, 1.54) is 6.07 Å². The van der Waals surface area contributed by atoms with Gasteiger partial charge in [0.1, 0.15) is 11.6 Å². The Morgan fingerprint density at radius 2 is 2.13 bits per heavy atom. The van der Waals surface area contributed by atoms with E-state index in [-0.39, 0.29) is 16.5 Å². The van der Waals surface area contributed by atoms with Crippen LogP contribution >= 0.6 is 11.6 Å². The van der Waals surface area contributed by atoms with Crippen LogP contribution in [0.1, 0.15) is 16.7 Å². The molecule has 152 valence electrons. The first-order valence-electron chi connectivity index (χ1n) is 8.82. The number of aromatic nitrogens is 6. The Morgan fingerprint density at radius 3 is 2.83 bits per heavy atom. The van der Waals surface area contributed by atoms with Crippen molar-refractivity contribution in [2.24, 2.45) is 0 Å². The minimum Gasteiger partial charge on any atom is -0.496 e. The van der Waals surface area contributed by atoms with Crippen molar-refractivity contribution in [3.63, 3.8) is 0 Å². The summed E-state index contributed by atoms with van der Waals surface area (Å²) in [6.45, 7) is 3.88. The van der Waals surface area contributed by atoms with Crippen LogP contribution in [-0.4, -0.2) is 37.5 Å². The molecule has 4 aromatic rings. The van der Waals surface area contributed by atoms with E-state index in [0.29, 0.717) is 22.7 Å². The lowest BCUT2D eigenvalue weighted by molar-refractivity contribution is 0.410. The Morgan fingerprint density at radius 1 is 1.30 bits per heavy atom. The van der Waals surface area contributed by atoms with Crippen molar-refractivity contribution >= 4 is 24.3 Å². The second kappa shape index (κ2) is 7.96. The molecule has 0 amide bonds. The van der Waals surface area contributed by atoms with Gasteiger partial charge in [-0.25, -0.2) is 4.39 Å². The number of ether oxygens (including phenoxy) is 1. The quantitative estimate of drug-likeness (QED) is 0.501. The summed E-state index contributed by atoms with van der Waals surface area (Å²) in [6, 6.07) is 10.1. The number of nitrogens with one attached hydrogen (secondary N) is 2. The van der Waals surface area contributed by atoms with E-state index in [9.17, 15) is 9.18 Å². The van der Waals surface area contributed by atoms with Gasteiger partial charge >= 0.3 is 0 Å². The SMILES string of the molecule is C=c1[nH]n(-c2nn[nH]n2)c(=O)/c1=C\c1ccc(OC)c(Cc2ccc(F)c(Cl)c2)c1. The van der Waals surface area contributed by atoms with Gasteiger partial charge in [0.2, 0.25) is 0 Å². The van der Waals surface area contributed by atoms with Crippen molar-refractivity contribution in [2.45, 2.75) is 6.42 Å². The molecule has 0 saturated heterocycles. The molecule has 0 bridgehead atoms. The lowest BCUT2D eigenvalue weighted by Gasteiger charge is -2.10. The van der Waals surface area contributed by atoms with Gasteiger partial charge < -0.3 is 4.74 Å². The monoisotopic (exact) mass is 426 g/mol. The molecule has 0 unspecified atom stereocenters. The molecule has 0 saturated carbocycles. The normalized spacial score (nSPS) is 11.8. The van der Waals surface area contributed by atoms with Crippen LogP contribution in [-0.2, 0) is 6.42 Å². The molecule has 2 N–H and O–H groups in total. The molecule has 8 nitrogen and oxygen atoms in total. The van der Waals surface area contributed by atoms with Crippen LogP contribution in [0, 0.1) is 5.82 Å². The number of tetrazole rings is 1. The van der Waals surface area contributed by atoms with Gasteiger partial charge in [-0.2, -0.15) is 9.90 Å². The summed E-state index contributed by atoms with van der Waals surface area (Å²) in [5.74, 6) is 0.289. The zero-order chi connectivity index (χ0) is 21.3. The molecule has 0 fully saturated rings. The predicted octanol–water partition coefficient (Wildman–Crippen LogP) is 1.31. The highest BCUT2D eigenvalue weighted by atomic mass is 35.5. The summed E-state index contributed by atoms with van der Waals surface area (Å²) in [4.78, 5) is 12.7. The average molecular weight is 427 g/mol. The van der Waals surface area contributed by atoms with Gasteiger partial charge in [0, 0.05) is 6.42 Å². The smallest absolute Gasteiger partial charge is 0.291 e. The van der Waals surface area contributed by atoms with Gasteiger partial charge in [-0.05, 0) is 52.2 Å². The van der Waals surface area contributed by atoms with Gasteiger partial charge in [-0.15, -0.1) is 5.10 Å². The first-order chi connectivity index (χ1) is 14.5. The summed E-state index contributed by atoms with van der Waals surface area (Å²) in [6.07, 6.45) is 2.18. The minimum atomic E-state index is -0.470. The molecule has 30 heavy (non-hydrogen) atoms. The molecule has 0 aliphatic carbocycles. The molecule has 0 atom stereocenters. The molecule has 0 spiro atoms. The highest BCUT2D eigenvalue weighted by Crippen LogP contribution is 2.25. The lowest BCUT2D eigenvalue weighted by atomic mass is 10.0. The Balaban J connectivity index is 1.76. The van der Waals surface area contributed by atoms with E-state index in [2.05, 4.69) is 32.3 Å². The van der Waals surface area contributed by atoms with Crippen LogP contribution < -0.4 is 20.9 Å². The third-order valence-electron chi connectivity index (χ3n) is 4.53. The molecule has 2 aromatic carbocycles. The molecule has 2 heterocycles. The maximum Gasteiger partial charge on any atom is 0.291 e. The van der Waals surface area contributed by atoms with Gasteiger partial charge in [0.05, 0.1) is 22.7 Å². The van der Waals surface area contributed by atoms with E-state index < -0.39 is 5.82 Å².